The molecule has 2 amide bonds. The number of pyridine rings is 1. The molecule has 0 spiro atoms. The maximum Gasteiger partial charge on any atom is 0.328 e. The Morgan fingerprint density at radius 1 is 1.53 bits per heavy atom. The first-order valence-corrected chi connectivity index (χ1v) is 4.72. The Balaban J connectivity index is 2.63. The lowest BCUT2D eigenvalue weighted by molar-refractivity contribution is 0.238. The summed E-state index contributed by atoms with van der Waals surface area (Å²) in [5, 5.41) is 2.66. The van der Waals surface area contributed by atoms with E-state index in [9.17, 15) is 4.79 Å². The van der Waals surface area contributed by atoms with E-state index in [1.165, 1.54) is 0 Å². The minimum atomic E-state index is -0.390. The number of carbonyl (C=O) groups excluding carboxylic acids is 1. The fraction of sp³-hybridized carbons (Fsp3) is 0.400. The zero-order valence-electron chi connectivity index (χ0n) is 8.95. The van der Waals surface area contributed by atoms with Gasteiger partial charge in [-0.3, -0.25) is 10.4 Å². The summed E-state index contributed by atoms with van der Waals surface area (Å²) < 4.78 is 0. The summed E-state index contributed by atoms with van der Waals surface area (Å²) in [5.74, 6) is 4.96. The van der Waals surface area contributed by atoms with Crippen molar-refractivity contribution in [1.29, 1.82) is 0 Å². The molecule has 0 atom stereocenters. The van der Waals surface area contributed by atoms with E-state index in [2.05, 4.69) is 10.3 Å². The molecule has 0 aromatic carbocycles. The second-order valence-electron chi connectivity index (χ2n) is 3.93. The number of urea groups is 1. The predicted molar refractivity (Wildman–Crippen MR) is 58.0 cm³/mol. The number of hydrogen-bond donors (Lipinski definition) is 3. The first-order valence-electron chi connectivity index (χ1n) is 4.72. The van der Waals surface area contributed by atoms with Crippen LogP contribution >= 0.6 is 0 Å². The average molecular weight is 208 g/mol. The molecule has 1 aromatic heterocycles. The number of nitrogens with zero attached hydrogens (tertiary/aromatic N) is 1. The van der Waals surface area contributed by atoms with Crippen molar-refractivity contribution in [2.75, 3.05) is 6.54 Å². The van der Waals surface area contributed by atoms with Crippen LogP contribution in [0, 0.1) is 0 Å². The third-order valence-corrected chi connectivity index (χ3v) is 2.18. The molecule has 0 aliphatic rings. The SMILES string of the molecule is CC(C)(CNC(=O)NN)c1ccccn1. The van der Waals surface area contributed by atoms with Crippen molar-refractivity contribution in [2.45, 2.75) is 19.3 Å². The lowest BCUT2D eigenvalue weighted by Crippen LogP contribution is -2.45. The van der Waals surface area contributed by atoms with Gasteiger partial charge in [-0.05, 0) is 12.1 Å². The summed E-state index contributed by atoms with van der Waals surface area (Å²) in [7, 11) is 0. The van der Waals surface area contributed by atoms with Crippen molar-refractivity contribution in [2.24, 2.45) is 5.84 Å². The van der Waals surface area contributed by atoms with Gasteiger partial charge in [-0.1, -0.05) is 19.9 Å². The van der Waals surface area contributed by atoms with E-state index in [-0.39, 0.29) is 11.4 Å². The molecule has 0 saturated heterocycles. The van der Waals surface area contributed by atoms with E-state index in [1.54, 1.807) is 6.20 Å². The number of carbonyl (C=O) groups is 1. The van der Waals surface area contributed by atoms with Gasteiger partial charge < -0.3 is 5.32 Å². The Labute approximate surface area is 89.0 Å². The van der Waals surface area contributed by atoms with E-state index in [4.69, 9.17) is 5.84 Å². The van der Waals surface area contributed by atoms with E-state index in [1.807, 2.05) is 37.5 Å². The molecule has 0 bridgehead atoms. The molecule has 5 nitrogen and oxygen atoms in total. The van der Waals surface area contributed by atoms with Gasteiger partial charge in [0.1, 0.15) is 0 Å². The van der Waals surface area contributed by atoms with Gasteiger partial charge in [-0.15, -0.1) is 0 Å². The van der Waals surface area contributed by atoms with Crippen molar-refractivity contribution in [3.8, 4) is 0 Å². The van der Waals surface area contributed by atoms with Crippen molar-refractivity contribution in [1.82, 2.24) is 15.7 Å². The first-order chi connectivity index (χ1) is 7.06. The van der Waals surface area contributed by atoms with Crippen LogP contribution < -0.4 is 16.6 Å². The van der Waals surface area contributed by atoms with Crippen LogP contribution in [-0.2, 0) is 5.41 Å². The van der Waals surface area contributed by atoms with Gasteiger partial charge in [-0.25, -0.2) is 10.6 Å². The second-order valence-corrected chi connectivity index (χ2v) is 3.93. The summed E-state index contributed by atoms with van der Waals surface area (Å²) in [6.45, 7) is 4.49. The molecule has 0 saturated carbocycles. The Morgan fingerprint density at radius 2 is 2.27 bits per heavy atom. The maximum absolute atomic E-state index is 10.9. The summed E-state index contributed by atoms with van der Waals surface area (Å²) in [6, 6.07) is 5.33. The zero-order valence-corrected chi connectivity index (χ0v) is 8.95. The third-order valence-electron chi connectivity index (χ3n) is 2.18. The number of hydrogen-bond acceptors (Lipinski definition) is 3. The molecule has 5 heteroatoms. The van der Waals surface area contributed by atoms with Gasteiger partial charge >= 0.3 is 6.03 Å². The fourth-order valence-electron chi connectivity index (χ4n) is 1.21. The fourth-order valence-corrected chi connectivity index (χ4v) is 1.21. The molecule has 4 N–H and O–H groups in total. The van der Waals surface area contributed by atoms with Crippen LogP contribution in [0.2, 0.25) is 0 Å². The second kappa shape index (κ2) is 4.75. The summed E-state index contributed by atoms with van der Waals surface area (Å²) >= 11 is 0. The molecule has 1 heterocycles. The molecule has 0 radical (unpaired) electrons. The molecular weight excluding hydrogens is 192 g/mol. The monoisotopic (exact) mass is 208 g/mol. The quantitative estimate of drug-likeness (QED) is 0.385. The van der Waals surface area contributed by atoms with Crippen molar-refractivity contribution < 1.29 is 4.79 Å². The van der Waals surface area contributed by atoms with Gasteiger partial charge in [0.15, 0.2) is 0 Å². The predicted octanol–water partition coefficient (Wildman–Crippen LogP) is 0.532. The van der Waals surface area contributed by atoms with Crippen LogP contribution in [0.4, 0.5) is 4.79 Å². The van der Waals surface area contributed by atoms with Crippen LogP contribution in [0.1, 0.15) is 19.5 Å². The number of nitrogens with one attached hydrogen (secondary N) is 2. The highest BCUT2D eigenvalue weighted by Gasteiger charge is 2.22. The van der Waals surface area contributed by atoms with Crippen molar-refractivity contribution >= 4 is 6.03 Å². The van der Waals surface area contributed by atoms with Gasteiger partial charge in [0.25, 0.3) is 0 Å². The normalized spacial score (nSPS) is 10.9. The number of nitrogens with two attached hydrogens (primary N) is 1. The van der Waals surface area contributed by atoms with Crippen LogP contribution in [-0.4, -0.2) is 17.6 Å². The highest BCUT2D eigenvalue weighted by molar-refractivity contribution is 5.73. The Morgan fingerprint density at radius 3 is 2.80 bits per heavy atom. The van der Waals surface area contributed by atoms with Crippen LogP contribution in [0.25, 0.3) is 0 Å². The molecule has 1 rings (SSSR count). The molecule has 0 aliphatic carbocycles. The van der Waals surface area contributed by atoms with E-state index >= 15 is 0 Å². The largest absolute Gasteiger partial charge is 0.336 e. The zero-order chi connectivity index (χ0) is 11.3. The van der Waals surface area contributed by atoms with Crippen LogP contribution in [0.5, 0.6) is 0 Å². The van der Waals surface area contributed by atoms with Crippen molar-refractivity contribution in [3.63, 3.8) is 0 Å². The van der Waals surface area contributed by atoms with Gasteiger partial charge in [-0.2, -0.15) is 0 Å². The van der Waals surface area contributed by atoms with E-state index < -0.39 is 0 Å². The number of aromatic nitrogens is 1. The lowest BCUT2D eigenvalue weighted by atomic mass is 9.89. The number of hydrazine groups is 1. The Bertz CT molecular complexity index is 323. The molecular formula is C10H16N4O. The topological polar surface area (TPSA) is 80.0 Å². The molecule has 82 valence electrons. The lowest BCUT2D eigenvalue weighted by Gasteiger charge is -2.24. The molecule has 0 fully saturated rings. The summed E-state index contributed by atoms with van der Waals surface area (Å²) in [5.41, 5.74) is 2.74. The van der Waals surface area contributed by atoms with E-state index in [0.29, 0.717) is 6.54 Å². The molecule has 0 unspecified atom stereocenters. The molecule has 0 aliphatic heterocycles. The maximum atomic E-state index is 10.9. The van der Waals surface area contributed by atoms with E-state index in [0.717, 1.165) is 5.69 Å². The minimum absolute atomic E-state index is 0.215. The highest BCUT2D eigenvalue weighted by Crippen LogP contribution is 2.19. The van der Waals surface area contributed by atoms with Crippen LogP contribution in [0.15, 0.2) is 24.4 Å². The van der Waals surface area contributed by atoms with Gasteiger partial charge in [0.05, 0.1) is 0 Å². The van der Waals surface area contributed by atoms with Gasteiger partial charge in [0.2, 0.25) is 0 Å². The molecule has 15 heavy (non-hydrogen) atoms. The van der Waals surface area contributed by atoms with Gasteiger partial charge in [0, 0.05) is 23.9 Å². The minimum Gasteiger partial charge on any atom is -0.336 e. The Hall–Kier alpha value is -1.62. The van der Waals surface area contributed by atoms with Crippen molar-refractivity contribution in [3.05, 3.63) is 30.1 Å². The number of amides is 2. The average Bonchev–Trinajstić information content (AvgIpc) is 2.27. The summed E-state index contributed by atoms with van der Waals surface area (Å²) in [6.07, 6.45) is 1.74. The Kier molecular flexibility index (Phi) is 3.62. The first kappa shape index (κ1) is 11.5. The third kappa shape index (κ3) is 3.21. The summed E-state index contributed by atoms with van der Waals surface area (Å²) in [4.78, 5) is 15.2. The highest BCUT2D eigenvalue weighted by atomic mass is 16.2. The smallest absolute Gasteiger partial charge is 0.328 e. The standard InChI is InChI=1S/C10H16N4O/c1-10(2,7-13-9(15)14-11)8-5-3-4-6-12-8/h3-6H,7,11H2,1-2H3,(H2,13,14,15). The van der Waals surface area contributed by atoms with Crippen LogP contribution in [0.3, 0.4) is 0 Å². The number of rotatable bonds is 3. The molecule has 1 aromatic rings.